The molecule has 188 valence electrons. The third kappa shape index (κ3) is 6.44. The molecule has 0 radical (unpaired) electrons. The van der Waals surface area contributed by atoms with Gasteiger partial charge in [0, 0.05) is 43.2 Å². The standard InChI is InChI=1S/C28H35FN2O3S/c1-31(23-7-3-2-4-8-23)26(32)19-35-25-10-6-5-9-24(25)27(33)30-20-28(15-17-34-18-16-28)21-11-13-22(29)14-12-21/h5-6,9-14,23H,2-4,7-8,15-20H2,1H3,(H,30,33). The molecule has 1 saturated heterocycles. The van der Waals surface area contributed by atoms with E-state index in [1.807, 2.05) is 48.3 Å². The molecule has 1 N–H and O–H groups in total. The van der Waals surface area contributed by atoms with Gasteiger partial charge in [0.25, 0.3) is 5.91 Å². The summed E-state index contributed by atoms with van der Waals surface area (Å²) in [6.07, 6.45) is 7.30. The Balaban J connectivity index is 1.40. The molecule has 1 aliphatic heterocycles. The van der Waals surface area contributed by atoms with E-state index in [0.29, 0.717) is 37.1 Å². The Morgan fingerprint density at radius 1 is 1.06 bits per heavy atom. The lowest BCUT2D eigenvalue weighted by atomic mass is 9.74. The van der Waals surface area contributed by atoms with E-state index in [1.165, 1.54) is 43.2 Å². The van der Waals surface area contributed by atoms with Crippen molar-refractivity contribution < 1.29 is 18.7 Å². The number of nitrogens with one attached hydrogen (secondary N) is 1. The second-order valence-electron chi connectivity index (χ2n) is 9.66. The Labute approximate surface area is 211 Å². The number of hydrogen-bond donors (Lipinski definition) is 1. The molecule has 35 heavy (non-hydrogen) atoms. The maximum absolute atomic E-state index is 13.5. The number of amides is 2. The van der Waals surface area contributed by atoms with Crippen LogP contribution in [0.4, 0.5) is 4.39 Å². The van der Waals surface area contributed by atoms with Crippen molar-refractivity contribution >= 4 is 23.6 Å². The van der Waals surface area contributed by atoms with Crippen molar-refractivity contribution in [3.05, 3.63) is 65.5 Å². The van der Waals surface area contributed by atoms with Gasteiger partial charge in [0.2, 0.25) is 5.91 Å². The van der Waals surface area contributed by atoms with E-state index < -0.39 is 0 Å². The second kappa shape index (κ2) is 12.0. The molecule has 1 aliphatic carbocycles. The van der Waals surface area contributed by atoms with Gasteiger partial charge in [-0.3, -0.25) is 9.59 Å². The molecule has 2 aromatic rings. The van der Waals surface area contributed by atoms with E-state index in [4.69, 9.17) is 4.74 Å². The van der Waals surface area contributed by atoms with Gasteiger partial charge >= 0.3 is 0 Å². The zero-order valence-electron chi connectivity index (χ0n) is 20.4. The van der Waals surface area contributed by atoms with Crippen molar-refractivity contribution in [1.82, 2.24) is 10.2 Å². The summed E-state index contributed by atoms with van der Waals surface area (Å²) in [6, 6.07) is 14.3. The fourth-order valence-corrected chi connectivity index (χ4v) is 6.14. The van der Waals surface area contributed by atoms with Crippen molar-refractivity contribution in [3.63, 3.8) is 0 Å². The summed E-state index contributed by atoms with van der Waals surface area (Å²) in [6.45, 7) is 1.66. The molecule has 7 heteroatoms. The highest BCUT2D eigenvalue weighted by molar-refractivity contribution is 8.00. The average molecular weight is 499 g/mol. The molecule has 2 fully saturated rings. The predicted octanol–water partition coefficient (Wildman–Crippen LogP) is 5.19. The molecule has 5 nitrogen and oxygen atoms in total. The van der Waals surface area contributed by atoms with Crippen LogP contribution in [0.3, 0.4) is 0 Å². The van der Waals surface area contributed by atoms with Gasteiger partial charge in [-0.2, -0.15) is 0 Å². The molecule has 2 amide bonds. The van der Waals surface area contributed by atoms with Gasteiger partial charge in [0.1, 0.15) is 5.82 Å². The maximum Gasteiger partial charge on any atom is 0.252 e. The first kappa shape index (κ1) is 25.7. The van der Waals surface area contributed by atoms with Crippen LogP contribution in [0.1, 0.15) is 60.9 Å². The highest BCUT2D eigenvalue weighted by Crippen LogP contribution is 2.35. The minimum atomic E-state index is -0.289. The first-order valence-corrected chi connectivity index (χ1v) is 13.6. The molecule has 0 aromatic heterocycles. The molecule has 1 saturated carbocycles. The van der Waals surface area contributed by atoms with E-state index in [2.05, 4.69) is 5.32 Å². The number of ether oxygens (including phenoxy) is 1. The van der Waals surface area contributed by atoms with Gasteiger partial charge in [-0.05, 0) is 55.5 Å². The van der Waals surface area contributed by atoms with Gasteiger partial charge in [-0.1, -0.05) is 43.5 Å². The van der Waals surface area contributed by atoms with Gasteiger partial charge < -0.3 is 15.0 Å². The largest absolute Gasteiger partial charge is 0.381 e. The van der Waals surface area contributed by atoms with E-state index in [0.717, 1.165) is 36.1 Å². The van der Waals surface area contributed by atoms with Crippen LogP contribution in [0, 0.1) is 5.82 Å². The normalized spacial score (nSPS) is 18.1. The smallest absolute Gasteiger partial charge is 0.252 e. The van der Waals surface area contributed by atoms with Crippen LogP contribution in [-0.4, -0.2) is 55.3 Å². The fourth-order valence-electron chi connectivity index (χ4n) is 5.17. The first-order chi connectivity index (χ1) is 17.0. The third-order valence-electron chi connectivity index (χ3n) is 7.49. The highest BCUT2D eigenvalue weighted by atomic mass is 32.2. The number of thioether (sulfide) groups is 1. The van der Waals surface area contributed by atoms with E-state index in [9.17, 15) is 14.0 Å². The summed E-state index contributed by atoms with van der Waals surface area (Å²) in [5.74, 6) is -0.00732. The molecule has 2 aliphatic rings. The number of halogens is 1. The lowest BCUT2D eigenvalue weighted by Crippen LogP contribution is -2.44. The Morgan fingerprint density at radius 3 is 2.46 bits per heavy atom. The summed E-state index contributed by atoms with van der Waals surface area (Å²) < 4.78 is 19.1. The number of rotatable bonds is 8. The van der Waals surface area contributed by atoms with Crippen LogP contribution in [-0.2, 0) is 14.9 Å². The molecular weight excluding hydrogens is 463 g/mol. The van der Waals surface area contributed by atoms with Crippen molar-refractivity contribution in [1.29, 1.82) is 0 Å². The molecule has 0 atom stereocenters. The van der Waals surface area contributed by atoms with Gasteiger partial charge in [-0.15, -0.1) is 11.8 Å². The lowest BCUT2D eigenvalue weighted by Gasteiger charge is -2.38. The summed E-state index contributed by atoms with van der Waals surface area (Å²) >= 11 is 1.42. The fraction of sp³-hybridized carbons (Fsp3) is 0.500. The number of nitrogens with zero attached hydrogens (tertiary/aromatic N) is 1. The van der Waals surface area contributed by atoms with Crippen molar-refractivity contribution in [3.8, 4) is 0 Å². The quantitative estimate of drug-likeness (QED) is 0.509. The Kier molecular flexibility index (Phi) is 8.84. The predicted molar refractivity (Wildman–Crippen MR) is 137 cm³/mol. The molecule has 0 unspecified atom stereocenters. The Morgan fingerprint density at radius 2 is 1.74 bits per heavy atom. The summed E-state index contributed by atoms with van der Waals surface area (Å²) in [7, 11) is 1.90. The Hall–Kier alpha value is -2.38. The van der Waals surface area contributed by atoms with Crippen molar-refractivity contribution in [2.75, 3.05) is 32.6 Å². The third-order valence-corrected chi connectivity index (χ3v) is 8.55. The molecule has 0 bridgehead atoms. The monoisotopic (exact) mass is 498 g/mol. The van der Waals surface area contributed by atoms with Crippen LogP contribution in [0.25, 0.3) is 0 Å². The van der Waals surface area contributed by atoms with E-state index in [1.54, 1.807) is 0 Å². The lowest BCUT2D eigenvalue weighted by molar-refractivity contribution is -0.129. The second-order valence-corrected chi connectivity index (χ2v) is 10.7. The van der Waals surface area contributed by atoms with Crippen molar-refractivity contribution in [2.24, 2.45) is 0 Å². The van der Waals surface area contributed by atoms with Crippen molar-refractivity contribution in [2.45, 2.75) is 61.3 Å². The first-order valence-electron chi connectivity index (χ1n) is 12.6. The van der Waals surface area contributed by atoms with Gasteiger partial charge in [0.15, 0.2) is 0 Å². The van der Waals surface area contributed by atoms with E-state index in [-0.39, 0.29) is 23.0 Å². The number of carbonyl (C=O) groups excluding carboxylic acids is 2. The number of hydrogen-bond acceptors (Lipinski definition) is 4. The zero-order valence-corrected chi connectivity index (χ0v) is 21.2. The van der Waals surface area contributed by atoms with E-state index >= 15 is 0 Å². The van der Waals surface area contributed by atoms with Crippen LogP contribution < -0.4 is 5.32 Å². The number of benzene rings is 2. The molecule has 4 rings (SSSR count). The SMILES string of the molecule is CN(C(=O)CSc1ccccc1C(=O)NCC1(c2ccc(F)cc2)CCOCC1)C1CCCCC1. The summed E-state index contributed by atoms with van der Waals surface area (Å²) in [4.78, 5) is 28.8. The Bertz CT molecular complexity index is 1000. The van der Waals surface area contributed by atoms with Crippen LogP contribution in [0.15, 0.2) is 53.4 Å². The summed E-state index contributed by atoms with van der Waals surface area (Å²) in [5, 5.41) is 3.13. The minimum Gasteiger partial charge on any atom is -0.381 e. The average Bonchev–Trinajstić information content (AvgIpc) is 2.91. The zero-order chi connectivity index (χ0) is 24.7. The molecule has 0 spiro atoms. The van der Waals surface area contributed by atoms with Gasteiger partial charge in [-0.25, -0.2) is 4.39 Å². The molecular formula is C28H35FN2O3S. The molecule has 1 heterocycles. The maximum atomic E-state index is 13.5. The number of carbonyl (C=O) groups is 2. The summed E-state index contributed by atoms with van der Waals surface area (Å²) in [5.41, 5.74) is 1.30. The van der Waals surface area contributed by atoms with Crippen LogP contribution >= 0.6 is 11.8 Å². The molecule has 2 aromatic carbocycles. The minimum absolute atomic E-state index is 0.106. The topological polar surface area (TPSA) is 58.6 Å². The van der Waals surface area contributed by atoms with Gasteiger partial charge in [0.05, 0.1) is 11.3 Å². The van der Waals surface area contributed by atoms with Crippen LogP contribution in [0.2, 0.25) is 0 Å². The highest BCUT2D eigenvalue weighted by Gasteiger charge is 2.35. The van der Waals surface area contributed by atoms with Crippen LogP contribution in [0.5, 0.6) is 0 Å².